The maximum atomic E-state index is 13.0. The quantitative estimate of drug-likeness (QED) is 0.607. The summed E-state index contributed by atoms with van der Waals surface area (Å²) in [5, 5.41) is 12.1. The third-order valence-corrected chi connectivity index (χ3v) is 7.27. The SMILES string of the molecule is COC(=O)C1=C(Nc2cc(S(=O)(=O)N3CCCCC3)ccc2C)C(=O)N(CCO)C1. The predicted molar refractivity (Wildman–Crippen MR) is 110 cm³/mol. The Morgan fingerprint density at radius 2 is 1.93 bits per heavy atom. The number of hydrogen-bond donors (Lipinski definition) is 2. The Kier molecular flexibility index (Phi) is 6.79. The Morgan fingerprint density at radius 1 is 1.23 bits per heavy atom. The third kappa shape index (κ3) is 4.35. The number of sulfonamides is 1. The molecule has 9 nitrogen and oxygen atoms in total. The minimum absolute atomic E-state index is 0.0131. The molecule has 0 aromatic heterocycles. The molecule has 1 aromatic carbocycles. The smallest absolute Gasteiger partial charge is 0.337 e. The number of aryl methyl sites for hydroxylation is 1. The van der Waals surface area contributed by atoms with E-state index in [0.29, 0.717) is 18.8 Å². The highest BCUT2D eigenvalue weighted by Gasteiger charge is 2.35. The molecule has 0 radical (unpaired) electrons. The maximum Gasteiger partial charge on any atom is 0.337 e. The van der Waals surface area contributed by atoms with E-state index >= 15 is 0 Å². The van der Waals surface area contributed by atoms with Gasteiger partial charge < -0.3 is 20.1 Å². The van der Waals surface area contributed by atoms with Crippen molar-refractivity contribution in [2.24, 2.45) is 0 Å². The van der Waals surface area contributed by atoms with Crippen molar-refractivity contribution in [2.75, 3.05) is 45.2 Å². The van der Waals surface area contributed by atoms with Gasteiger partial charge in [-0.3, -0.25) is 4.79 Å². The first-order valence-electron chi connectivity index (χ1n) is 9.89. The standard InChI is InChI=1S/C20H27N3O6S/c1-14-6-7-15(30(27,28)23-8-4-3-5-9-23)12-17(14)21-18-16(20(26)29-2)13-22(10-11-24)19(18)25/h6-7,12,21,24H,3-5,8-11,13H2,1-2H3. The van der Waals surface area contributed by atoms with Crippen LogP contribution in [0.2, 0.25) is 0 Å². The van der Waals surface area contributed by atoms with Crippen molar-refractivity contribution in [3.8, 4) is 0 Å². The number of esters is 1. The van der Waals surface area contributed by atoms with Crippen LogP contribution in [0.5, 0.6) is 0 Å². The molecule has 0 bridgehead atoms. The number of carbonyl (C=O) groups excluding carboxylic acids is 2. The molecule has 2 aliphatic rings. The van der Waals surface area contributed by atoms with Crippen LogP contribution in [0.15, 0.2) is 34.4 Å². The van der Waals surface area contributed by atoms with Crippen molar-refractivity contribution >= 4 is 27.6 Å². The number of nitrogens with zero attached hydrogens (tertiary/aromatic N) is 2. The zero-order valence-electron chi connectivity index (χ0n) is 17.2. The van der Waals surface area contributed by atoms with Crippen LogP contribution in [0.3, 0.4) is 0 Å². The summed E-state index contributed by atoms with van der Waals surface area (Å²) in [6, 6.07) is 4.71. The molecule has 0 unspecified atom stereocenters. The summed E-state index contributed by atoms with van der Waals surface area (Å²) in [5.74, 6) is -1.10. The van der Waals surface area contributed by atoms with Gasteiger partial charge in [-0.1, -0.05) is 12.5 Å². The Bertz CT molecular complexity index is 967. The average Bonchev–Trinajstić information content (AvgIpc) is 3.05. The number of rotatable bonds is 7. The molecule has 0 atom stereocenters. The van der Waals surface area contributed by atoms with Crippen molar-refractivity contribution in [2.45, 2.75) is 31.1 Å². The van der Waals surface area contributed by atoms with E-state index in [4.69, 9.17) is 4.74 Å². The molecule has 1 amide bonds. The van der Waals surface area contributed by atoms with Gasteiger partial charge in [-0.25, -0.2) is 13.2 Å². The van der Waals surface area contributed by atoms with Gasteiger partial charge in [0.05, 0.1) is 30.7 Å². The number of β-amino-alcohol motifs (C(OH)–C–C–N with tert-alkyl or cyclic N) is 1. The zero-order chi connectivity index (χ0) is 21.9. The first kappa shape index (κ1) is 22.3. The van der Waals surface area contributed by atoms with Crippen LogP contribution in [0.1, 0.15) is 24.8 Å². The first-order valence-corrected chi connectivity index (χ1v) is 11.3. The second kappa shape index (κ2) is 9.15. The van der Waals surface area contributed by atoms with E-state index in [1.807, 2.05) is 0 Å². The molecular weight excluding hydrogens is 410 g/mol. The van der Waals surface area contributed by atoms with Gasteiger partial charge >= 0.3 is 5.97 Å². The number of ether oxygens (including phenoxy) is 1. The lowest BCUT2D eigenvalue weighted by Crippen LogP contribution is -2.35. The number of piperidine rings is 1. The van der Waals surface area contributed by atoms with E-state index in [0.717, 1.165) is 24.8 Å². The van der Waals surface area contributed by atoms with Crippen molar-refractivity contribution in [1.29, 1.82) is 0 Å². The predicted octanol–water partition coefficient (Wildman–Crippen LogP) is 0.843. The molecule has 0 spiro atoms. The Hall–Kier alpha value is -2.43. The number of aliphatic hydroxyl groups excluding tert-OH is 1. The Balaban J connectivity index is 1.94. The topological polar surface area (TPSA) is 116 Å². The lowest BCUT2D eigenvalue weighted by atomic mass is 10.1. The maximum absolute atomic E-state index is 13.0. The molecule has 2 aliphatic heterocycles. The first-order chi connectivity index (χ1) is 14.3. The van der Waals surface area contributed by atoms with Crippen molar-refractivity contribution in [1.82, 2.24) is 9.21 Å². The summed E-state index contributed by atoms with van der Waals surface area (Å²) in [7, 11) is -2.42. The molecule has 0 saturated carbocycles. The lowest BCUT2D eigenvalue weighted by Gasteiger charge is -2.26. The minimum Gasteiger partial charge on any atom is -0.466 e. The number of methoxy groups -OCH3 is 1. The highest BCUT2D eigenvalue weighted by Crippen LogP contribution is 2.28. The van der Waals surface area contributed by atoms with Gasteiger partial charge in [-0.15, -0.1) is 0 Å². The van der Waals surface area contributed by atoms with E-state index in [1.54, 1.807) is 19.1 Å². The second-order valence-electron chi connectivity index (χ2n) is 7.36. The van der Waals surface area contributed by atoms with Crippen LogP contribution in [0, 0.1) is 6.92 Å². The fourth-order valence-corrected chi connectivity index (χ4v) is 5.18. The fourth-order valence-electron chi connectivity index (χ4n) is 3.63. The van der Waals surface area contributed by atoms with Gasteiger partial charge in [-0.2, -0.15) is 4.31 Å². The molecule has 1 saturated heterocycles. The summed E-state index contributed by atoms with van der Waals surface area (Å²) in [5.41, 5.74) is 1.31. The van der Waals surface area contributed by atoms with Gasteiger partial charge in [0.15, 0.2) is 0 Å². The van der Waals surface area contributed by atoms with E-state index < -0.39 is 21.9 Å². The lowest BCUT2D eigenvalue weighted by molar-refractivity contribution is -0.136. The van der Waals surface area contributed by atoms with Gasteiger partial charge in [0.1, 0.15) is 5.70 Å². The van der Waals surface area contributed by atoms with E-state index in [1.165, 1.54) is 22.4 Å². The summed E-state index contributed by atoms with van der Waals surface area (Å²) in [6.07, 6.45) is 2.69. The van der Waals surface area contributed by atoms with Gasteiger partial charge in [0.25, 0.3) is 5.91 Å². The molecule has 164 valence electrons. The summed E-state index contributed by atoms with van der Waals surface area (Å²) in [4.78, 5) is 26.4. The van der Waals surface area contributed by atoms with Crippen molar-refractivity contribution in [3.63, 3.8) is 0 Å². The van der Waals surface area contributed by atoms with Gasteiger partial charge in [0, 0.05) is 25.3 Å². The Labute approximate surface area is 176 Å². The summed E-state index contributed by atoms with van der Waals surface area (Å²) in [6.45, 7) is 2.61. The molecular formula is C20H27N3O6S. The van der Waals surface area contributed by atoms with Crippen LogP contribution in [-0.2, 0) is 24.3 Å². The molecule has 30 heavy (non-hydrogen) atoms. The summed E-state index contributed by atoms with van der Waals surface area (Å²) >= 11 is 0. The number of benzene rings is 1. The minimum atomic E-state index is -3.65. The number of anilines is 1. The largest absolute Gasteiger partial charge is 0.466 e. The van der Waals surface area contributed by atoms with E-state index in [9.17, 15) is 23.1 Å². The number of hydrogen-bond acceptors (Lipinski definition) is 7. The van der Waals surface area contributed by atoms with Crippen LogP contribution >= 0.6 is 0 Å². The van der Waals surface area contributed by atoms with Crippen molar-refractivity contribution in [3.05, 3.63) is 35.0 Å². The summed E-state index contributed by atoms with van der Waals surface area (Å²) < 4.78 is 32.3. The monoisotopic (exact) mass is 437 g/mol. The van der Waals surface area contributed by atoms with Crippen LogP contribution in [-0.4, -0.2) is 74.5 Å². The number of nitrogens with one attached hydrogen (secondary N) is 1. The molecule has 1 fully saturated rings. The fraction of sp³-hybridized carbons (Fsp3) is 0.500. The highest BCUT2D eigenvalue weighted by molar-refractivity contribution is 7.89. The normalized spacial score (nSPS) is 18.1. The Morgan fingerprint density at radius 3 is 2.57 bits per heavy atom. The van der Waals surface area contributed by atoms with E-state index in [-0.39, 0.29) is 35.9 Å². The third-order valence-electron chi connectivity index (χ3n) is 5.38. The molecule has 3 rings (SSSR count). The van der Waals surface area contributed by atoms with Crippen LogP contribution in [0.4, 0.5) is 5.69 Å². The van der Waals surface area contributed by atoms with Gasteiger partial charge in [0.2, 0.25) is 10.0 Å². The molecule has 2 heterocycles. The number of carbonyl (C=O) groups is 2. The number of amides is 1. The zero-order valence-corrected chi connectivity index (χ0v) is 18.0. The number of aliphatic hydroxyl groups is 1. The van der Waals surface area contributed by atoms with Crippen LogP contribution in [0.25, 0.3) is 0 Å². The molecule has 10 heteroatoms. The van der Waals surface area contributed by atoms with Crippen LogP contribution < -0.4 is 5.32 Å². The van der Waals surface area contributed by atoms with Gasteiger partial charge in [-0.05, 0) is 37.5 Å². The molecule has 0 aliphatic carbocycles. The van der Waals surface area contributed by atoms with Crippen molar-refractivity contribution < 1.29 is 27.9 Å². The highest BCUT2D eigenvalue weighted by atomic mass is 32.2. The second-order valence-corrected chi connectivity index (χ2v) is 9.30. The molecule has 1 aromatic rings. The average molecular weight is 438 g/mol. The van der Waals surface area contributed by atoms with E-state index in [2.05, 4.69) is 5.32 Å². The molecule has 2 N–H and O–H groups in total.